The molecule has 0 aromatic heterocycles. The Kier molecular flexibility index (Phi) is 14.3. The van der Waals surface area contributed by atoms with E-state index in [0.29, 0.717) is 19.7 Å². The Balaban J connectivity index is 0. The van der Waals surface area contributed by atoms with Crippen LogP contribution in [0.5, 0.6) is 0 Å². The first kappa shape index (κ1) is 19.9. The van der Waals surface area contributed by atoms with Gasteiger partial charge in [-0.1, -0.05) is 12.2 Å². The summed E-state index contributed by atoms with van der Waals surface area (Å²) in [6.07, 6.45) is 6.43. The molecule has 0 spiro atoms. The first-order chi connectivity index (χ1) is 8.21. The van der Waals surface area contributed by atoms with Crippen molar-refractivity contribution in [3.63, 3.8) is 0 Å². The fourth-order valence-corrected chi connectivity index (χ4v) is 2.04. The van der Waals surface area contributed by atoms with Crippen LogP contribution in [0, 0.1) is 0 Å². The maximum absolute atomic E-state index is 11.9. The third kappa shape index (κ3) is 7.80. The van der Waals surface area contributed by atoms with Crippen LogP contribution in [0.15, 0.2) is 25.3 Å². The number of halogens is 1. The minimum Gasteiger partial charge on any atom is -0.465 e. The van der Waals surface area contributed by atoms with E-state index in [1.807, 2.05) is 18.1 Å². The predicted molar refractivity (Wildman–Crippen MR) is 82.6 cm³/mol. The number of nitrogens with zero attached hydrogens (tertiary/aromatic N) is 1. The third-order valence-corrected chi connectivity index (χ3v) is 2.97. The lowest BCUT2D eigenvalue weighted by atomic mass is 10.2. The topological polar surface area (TPSA) is 29.5 Å². The molecule has 0 amide bonds. The molecule has 1 unspecified atom stereocenters. The summed E-state index contributed by atoms with van der Waals surface area (Å²) >= 11 is 1.73. The van der Waals surface area contributed by atoms with E-state index in [0.717, 1.165) is 12.2 Å². The molecule has 0 aromatic rings. The molecule has 0 radical (unpaired) electrons. The minimum absolute atomic E-state index is 0. The SMILES string of the molecule is C=CCN(CC=C)C(CCSC)C(=O)OCC.Cl. The van der Waals surface area contributed by atoms with E-state index in [1.54, 1.807) is 23.9 Å². The Labute approximate surface area is 121 Å². The van der Waals surface area contributed by atoms with E-state index in [1.165, 1.54) is 0 Å². The van der Waals surface area contributed by atoms with Crippen LogP contribution in [-0.2, 0) is 9.53 Å². The van der Waals surface area contributed by atoms with E-state index in [4.69, 9.17) is 4.74 Å². The molecule has 0 N–H and O–H groups in total. The number of hydrogen-bond donors (Lipinski definition) is 0. The summed E-state index contributed by atoms with van der Waals surface area (Å²) in [5.74, 6) is 0.791. The number of ether oxygens (including phenoxy) is 1. The molecule has 0 aromatic carbocycles. The van der Waals surface area contributed by atoms with Gasteiger partial charge in [-0.15, -0.1) is 25.6 Å². The second-order valence-corrected chi connectivity index (χ2v) is 4.57. The van der Waals surface area contributed by atoms with Crippen LogP contribution in [0.25, 0.3) is 0 Å². The molecule has 0 fully saturated rings. The highest BCUT2D eigenvalue weighted by molar-refractivity contribution is 7.98. The molecule has 0 aliphatic carbocycles. The first-order valence-corrected chi connectivity index (χ1v) is 7.22. The standard InChI is InChI=1S/C13H23NO2S.ClH/c1-5-9-14(10-6-2)12(8-11-17-4)13(15)16-7-3;/h5-6,12H,1-2,7-11H2,3-4H3;1H. The molecule has 0 saturated heterocycles. The molecule has 0 aliphatic heterocycles. The number of carbonyl (C=O) groups excluding carboxylic acids is 1. The van der Waals surface area contributed by atoms with Crippen molar-refractivity contribution in [1.29, 1.82) is 0 Å². The molecule has 0 bridgehead atoms. The first-order valence-electron chi connectivity index (χ1n) is 5.82. The molecule has 0 rings (SSSR count). The number of hydrogen-bond acceptors (Lipinski definition) is 4. The maximum Gasteiger partial charge on any atom is 0.323 e. The number of esters is 1. The van der Waals surface area contributed by atoms with Crippen LogP contribution in [0.1, 0.15) is 13.3 Å². The monoisotopic (exact) mass is 293 g/mol. The Hall–Kier alpha value is -0.450. The molecular weight excluding hydrogens is 270 g/mol. The minimum atomic E-state index is -0.196. The summed E-state index contributed by atoms with van der Waals surface area (Å²) in [6.45, 7) is 11.0. The summed E-state index contributed by atoms with van der Waals surface area (Å²) < 4.78 is 5.12. The van der Waals surface area contributed by atoms with Crippen molar-refractivity contribution in [3.05, 3.63) is 25.3 Å². The normalized spacial score (nSPS) is 11.5. The van der Waals surface area contributed by atoms with Crippen LogP contribution in [0.4, 0.5) is 0 Å². The van der Waals surface area contributed by atoms with Crippen LogP contribution in [0.3, 0.4) is 0 Å². The lowest BCUT2D eigenvalue weighted by Crippen LogP contribution is -2.42. The van der Waals surface area contributed by atoms with Gasteiger partial charge in [0.1, 0.15) is 6.04 Å². The zero-order valence-corrected chi connectivity index (χ0v) is 12.9. The Morgan fingerprint density at radius 2 is 1.94 bits per heavy atom. The quantitative estimate of drug-likeness (QED) is 0.458. The van der Waals surface area contributed by atoms with E-state index in [-0.39, 0.29) is 24.4 Å². The molecule has 106 valence electrons. The molecule has 0 heterocycles. The van der Waals surface area contributed by atoms with Crippen molar-refractivity contribution in [1.82, 2.24) is 4.90 Å². The molecular formula is C13H24ClNO2S. The maximum atomic E-state index is 11.9. The number of carbonyl (C=O) groups is 1. The zero-order chi connectivity index (χ0) is 13.1. The Bertz CT molecular complexity index is 239. The van der Waals surface area contributed by atoms with Crippen LogP contribution in [0.2, 0.25) is 0 Å². The van der Waals surface area contributed by atoms with E-state index >= 15 is 0 Å². The second-order valence-electron chi connectivity index (χ2n) is 3.58. The van der Waals surface area contributed by atoms with E-state index in [2.05, 4.69) is 13.2 Å². The van der Waals surface area contributed by atoms with Gasteiger partial charge in [0.2, 0.25) is 0 Å². The van der Waals surface area contributed by atoms with Crippen molar-refractivity contribution in [2.75, 3.05) is 31.7 Å². The predicted octanol–water partition coefficient (Wildman–Crippen LogP) is 2.77. The highest BCUT2D eigenvalue weighted by Crippen LogP contribution is 2.10. The third-order valence-electron chi connectivity index (χ3n) is 2.32. The van der Waals surface area contributed by atoms with Gasteiger partial charge in [0.05, 0.1) is 6.61 Å². The number of rotatable bonds is 10. The Morgan fingerprint density at radius 3 is 2.33 bits per heavy atom. The molecule has 18 heavy (non-hydrogen) atoms. The average Bonchev–Trinajstić information content (AvgIpc) is 2.30. The fraction of sp³-hybridized carbons (Fsp3) is 0.615. The molecule has 1 atom stereocenters. The largest absolute Gasteiger partial charge is 0.465 e. The van der Waals surface area contributed by atoms with Crippen molar-refractivity contribution in [3.8, 4) is 0 Å². The van der Waals surface area contributed by atoms with Gasteiger partial charge in [-0.25, -0.2) is 0 Å². The average molecular weight is 294 g/mol. The summed E-state index contributed by atoms with van der Waals surface area (Å²) in [5.41, 5.74) is 0. The smallest absolute Gasteiger partial charge is 0.323 e. The number of thioether (sulfide) groups is 1. The van der Waals surface area contributed by atoms with Gasteiger partial charge in [0.15, 0.2) is 0 Å². The van der Waals surface area contributed by atoms with E-state index < -0.39 is 0 Å². The van der Waals surface area contributed by atoms with Gasteiger partial charge in [-0.3, -0.25) is 9.69 Å². The van der Waals surface area contributed by atoms with Crippen LogP contribution >= 0.6 is 24.2 Å². The zero-order valence-electron chi connectivity index (χ0n) is 11.3. The second kappa shape index (κ2) is 13.0. The molecule has 0 aliphatic rings. The van der Waals surface area contributed by atoms with Crippen LogP contribution in [-0.4, -0.2) is 48.6 Å². The van der Waals surface area contributed by atoms with Crippen molar-refractivity contribution < 1.29 is 9.53 Å². The highest BCUT2D eigenvalue weighted by Gasteiger charge is 2.25. The van der Waals surface area contributed by atoms with Gasteiger partial charge in [0.25, 0.3) is 0 Å². The van der Waals surface area contributed by atoms with Gasteiger partial charge in [-0.2, -0.15) is 11.8 Å². The lowest BCUT2D eigenvalue weighted by Gasteiger charge is -2.27. The summed E-state index contributed by atoms with van der Waals surface area (Å²) in [6, 6.07) is -0.196. The van der Waals surface area contributed by atoms with Crippen molar-refractivity contribution in [2.45, 2.75) is 19.4 Å². The van der Waals surface area contributed by atoms with Crippen LogP contribution < -0.4 is 0 Å². The fourth-order valence-electron chi connectivity index (χ4n) is 1.58. The molecule has 5 heteroatoms. The van der Waals surface area contributed by atoms with Crippen molar-refractivity contribution in [2.24, 2.45) is 0 Å². The summed E-state index contributed by atoms with van der Waals surface area (Å²) in [7, 11) is 0. The molecule has 3 nitrogen and oxygen atoms in total. The Morgan fingerprint density at radius 1 is 1.39 bits per heavy atom. The summed E-state index contributed by atoms with van der Waals surface area (Å²) in [5, 5.41) is 0. The summed E-state index contributed by atoms with van der Waals surface area (Å²) in [4.78, 5) is 13.9. The molecule has 0 saturated carbocycles. The van der Waals surface area contributed by atoms with E-state index in [9.17, 15) is 4.79 Å². The van der Waals surface area contributed by atoms with Gasteiger partial charge >= 0.3 is 5.97 Å². The lowest BCUT2D eigenvalue weighted by molar-refractivity contribution is -0.149. The van der Waals surface area contributed by atoms with Gasteiger partial charge < -0.3 is 4.74 Å². The van der Waals surface area contributed by atoms with Crippen molar-refractivity contribution >= 4 is 30.1 Å². The van der Waals surface area contributed by atoms with Gasteiger partial charge in [-0.05, 0) is 25.4 Å². The van der Waals surface area contributed by atoms with Gasteiger partial charge in [0, 0.05) is 13.1 Å². The highest BCUT2D eigenvalue weighted by atomic mass is 35.5.